The van der Waals surface area contributed by atoms with E-state index in [2.05, 4.69) is 44.1 Å². The molecule has 4 nitrogen and oxygen atoms in total. The van der Waals surface area contributed by atoms with E-state index in [-0.39, 0.29) is 5.54 Å². The lowest BCUT2D eigenvalue weighted by Gasteiger charge is -2.22. The van der Waals surface area contributed by atoms with Gasteiger partial charge in [-0.2, -0.15) is 0 Å². The first-order chi connectivity index (χ1) is 9.33. The van der Waals surface area contributed by atoms with Crippen LogP contribution in [0.1, 0.15) is 44.0 Å². The lowest BCUT2D eigenvalue weighted by atomic mass is 10.1. The smallest absolute Gasteiger partial charge is 0.218 e. The molecule has 0 aliphatic heterocycles. The summed E-state index contributed by atoms with van der Waals surface area (Å²) in [4.78, 5) is 4.53. The third kappa shape index (κ3) is 5.88. The summed E-state index contributed by atoms with van der Waals surface area (Å²) >= 11 is 0. The van der Waals surface area contributed by atoms with Crippen LogP contribution in [0.3, 0.4) is 0 Å². The summed E-state index contributed by atoms with van der Waals surface area (Å²) < 4.78 is 10.9. The molecule has 1 aromatic rings. The topological polar surface area (TPSA) is 43.4 Å². The molecular weight excluding hydrogens is 252 g/mol. The molecule has 20 heavy (non-hydrogen) atoms. The number of methoxy groups -OCH3 is 1. The molecule has 0 aliphatic rings. The average Bonchev–Trinajstić information content (AvgIpc) is 2.32. The Morgan fingerprint density at radius 1 is 1.20 bits per heavy atom. The highest BCUT2D eigenvalue weighted by molar-refractivity contribution is 5.36. The Kier molecular flexibility index (Phi) is 6.43. The molecule has 4 heteroatoms. The van der Waals surface area contributed by atoms with Crippen LogP contribution in [0.4, 0.5) is 0 Å². The van der Waals surface area contributed by atoms with Crippen molar-refractivity contribution in [3.05, 3.63) is 22.9 Å². The highest BCUT2D eigenvalue weighted by Gasteiger charge is 2.14. The Morgan fingerprint density at radius 2 is 1.90 bits per heavy atom. The molecule has 0 bridgehead atoms. The van der Waals surface area contributed by atoms with Crippen LogP contribution in [0, 0.1) is 13.8 Å². The minimum absolute atomic E-state index is 0.0741. The van der Waals surface area contributed by atoms with E-state index >= 15 is 0 Å². The van der Waals surface area contributed by atoms with E-state index in [0.717, 1.165) is 30.1 Å². The van der Waals surface area contributed by atoms with Crippen molar-refractivity contribution in [3.63, 3.8) is 0 Å². The van der Waals surface area contributed by atoms with Gasteiger partial charge in [0.15, 0.2) is 0 Å². The molecular formula is C16H28N2O2. The molecule has 0 radical (unpaired) electrons. The molecule has 114 valence electrons. The molecule has 0 amide bonds. The van der Waals surface area contributed by atoms with Crippen LogP contribution in [0.2, 0.25) is 0 Å². The Bertz CT molecular complexity index is 425. The van der Waals surface area contributed by atoms with Crippen molar-refractivity contribution in [1.82, 2.24) is 10.3 Å². The third-order valence-electron chi connectivity index (χ3n) is 2.96. The van der Waals surface area contributed by atoms with Crippen molar-refractivity contribution in [1.29, 1.82) is 0 Å². The van der Waals surface area contributed by atoms with Crippen LogP contribution >= 0.6 is 0 Å². The predicted octanol–water partition coefficient (Wildman–Crippen LogP) is 3.00. The highest BCUT2D eigenvalue weighted by atomic mass is 16.5. The number of hydrogen-bond acceptors (Lipinski definition) is 4. The number of aromatic nitrogens is 1. The maximum atomic E-state index is 5.83. The van der Waals surface area contributed by atoms with Gasteiger partial charge in [-0.05, 0) is 46.2 Å². The largest absolute Gasteiger partial charge is 0.477 e. The second kappa shape index (κ2) is 7.60. The lowest BCUT2D eigenvalue weighted by molar-refractivity contribution is 0.170. The maximum absolute atomic E-state index is 5.83. The van der Waals surface area contributed by atoms with Crippen molar-refractivity contribution < 1.29 is 9.47 Å². The van der Waals surface area contributed by atoms with E-state index in [9.17, 15) is 0 Å². The van der Waals surface area contributed by atoms with Crippen LogP contribution in [0.5, 0.6) is 5.88 Å². The number of aryl methyl sites for hydroxylation is 2. The number of nitrogens with one attached hydrogen (secondary N) is 1. The predicted molar refractivity (Wildman–Crippen MR) is 82.3 cm³/mol. The summed E-state index contributed by atoms with van der Waals surface area (Å²) in [6, 6.07) is 2.10. The zero-order valence-electron chi connectivity index (χ0n) is 13.7. The summed E-state index contributed by atoms with van der Waals surface area (Å²) in [6.45, 7) is 12.7. The minimum atomic E-state index is 0.0741. The second-order valence-corrected chi connectivity index (χ2v) is 6.16. The highest BCUT2D eigenvalue weighted by Crippen LogP contribution is 2.22. The molecule has 1 rings (SSSR count). The Labute approximate surface area is 122 Å². The number of hydrogen-bond donors (Lipinski definition) is 1. The second-order valence-electron chi connectivity index (χ2n) is 6.16. The molecule has 0 fully saturated rings. The monoisotopic (exact) mass is 280 g/mol. The van der Waals surface area contributed by atoms with Crippen LogP contribution < -0.4 is 10.1 Å². The van der Waals surface area contributed by atoms with Gasteiger partial charge < -0.3 is 14.8 Å². The SMILES string of the molecule is COCCCOc1nc(C)cc(C)c1CNC(C)(C)C. The third-order valence-corrected chi connectivity index (χ3v) is 2.96. The van der Waals surface area contributed by atoms with Crippen molar-refractivity contribution in [2.75, 3.05) is 20.3 Å². The van der Waals surface area contributed by atoms with Gasteiger partial charge in [-0.15, -0.1) is 0 Å². The van der Waals surface area contributed by atoms with Crippen LogP contribution in [-0.2, 0) is 11.3 Å². The number of pyridine rings is 1. The van der Waals surface area contributed by atoms with Gasteiger partial charge >= 0.3 is 0 Å². The van der Waals surface area contributed by atoms with Crippen LogP contribution in [0.15, 0.2) is 6.07 Å². The molecule has 1 heterocycles. The quantitative estimate of drug-likeness (QED) is 0.780. The van der Waals surface area contributed by atoms with Gasteiger partial charge in [-0.3, -0.25) is 0 Å². The first-order valence-corrected chi connectivity index (χ1v) is 7.17. The fourth-order valence-electron chi connectivity index (χ4n) is 1.89. The summed E-state index contributed by atoms with van der Waals surface area (Å²) in [6.07, 6.45) is 0.872. The summed E-state index contributed by atoms with van der Waals surface area (Å²) in [5.41, 5.74) is 3.42. The molecule has 0 unspecified atom stereocenters. The van der Waals surface area contributed by atoms with E-state index < -0.39 is 0 Å². The van der Waals surface area contributed by atoms with Gasteiger partial charge in [0.2, 0.25) is 5.88 Å². The average molecular weight is 280 g/mol. The molecule has 0 spiro atoms. The van der Waals surface area contributed by atoms with Crippen LogP contribution in [0.25, 0.3) is 0 Å². The zero-order valence-corrected chi connectivity index (χ0v) is 13.7. The maximum Gasteiger partial charge on any atom is 0.218 e. The number of rotatable bonds is 7. The first kappa shape index (κ1) is 16.9. The summed E-state index contributed by atoms with van der Waals surface area (Å²) in [7, 11) is 1.70. The van der Waals surface area contributed by atoms with Gasteiger partial charge in [0.05, 0.1) is 6.61 Å². The van der Waals surface area contributed by atoms with Crippen molar-refractivity contribution in [2.24, 2.45) is 0 Å². The molecule has 1 N–H and O–H groups in total. The summed E-state index contributed by atoms with van der Waals surface area (Å²) in [5.74, 6) is 0.746. The van der Waals surface area contributed by atoms with Crippen molar-refractivity contribution in [3.8, 4) is 5.88 Å². The molecule has 0 aliphatic carbocycles. The fourth-order valence-corrected chi connectivity index (χ4v) is 1.89. The van der Waals surface area contributed by atoms with Gasteiger partial charge in [0.25, 0.3) is 0 Å². The van der Waals surface area contributed by atoms with Crippen molar-refractivity contribution >= 4 is 0 Å². The minimum Gasteiger partial charge on any atom is -0.477 e. The number of nitrogens with zero attached hydrogens (tertiary/aromatic N) is 1. The standard InChI is InChI=1S/C16H28N2O2/c1-12-10-13(2)18-15(20-9-7-8-19-6)14(12)11-17-16(3,4)5/h10,17H,7-9,11H2,1-6H3. The molecule has 0 aromatic carbocycles. The Balaban J connectivity index is 2.79. The first-order valence-electron chi connectivity index (χ1n) is 7.17. The number of ether oxygens (including phenoxy) is 2. The van der Waals surface area contributed by atoms with E-state index in [0.29, 0.717) is 13.2 Å². The van der Waals surface area contributed by atoms with E-state index in [1.807, 2.05) is 6.92 Å². The molecule has 0 saturated heterocycles. The summed E-state index contributed by atoms with van der Waals surface area (Å²) in [5, 5.41) is 3.50. The normalized spacial score (nSPS) is 11.7. The van der Waals surface area contributed by atoms with Gasteiger partial charge in [-0.25, -0.2) is 4.98 Å². The van der Waals surface area contributed by atoms with Crippen LogP contribution in [-0.4, -0.2) is 30.8 Å². The van der Waals surface area contributed by atoms with E-state index in [1.54, 1.807) is 7.11 Å². The Hall–Kier alpha value is -1.13. The van der Waals surface area contributed by atoms with Crippen molar-refractivity contribution in [2.45, 2.75) is 53.1 Å². The fraction of sp³-hybridized carbons (Fsp3) is 0.688. The molecule has 1 aromatic heterocycles. The van der Waals surface area contributed by atoms with E-state index in [4.69, 9.17) is 9.47 Å². The van der Waals surface area contributed by atoms with Gasteiger partial charge in [0.1, 0.15) is 0 Å². The Morgan fingerprint density at radius 3 is 2.50 bits per heavy atom. The zero-order chi connectivity index (χ0) is 15.2. The molecule has 0 saturated carbocycles. The van der Waals surface area contributed by atoms with Gasteiger partial charge in [-0.1, -0.05) is 0 Å². The van der Waals surface area contributed by atoms with E-state index in [1.165, 1.54) is 5.56 Å². The lowest BCUT2D eigenvalue weighted by Crippen LogP contribution is -2.35. The van der Waals surface area contributed by atoms with Gasteiger partial charge in [0, 0.05) is 43.5 Å². The molecule has 0 atom stereocenters.